The summed E-state index contributed by atoms with van der Waals surface area (Å²) in [7, 11) is 1.15. The Morgan fingerprint density at radius 3 is 2.56 bits per heavy atom. The van der Waals surface area contributed by atoms with Crippen molar-refractivity contribution in [2.24, 2.45) is 0 Å². The highest BCUT2D eigenvalue weighted by Gasteiger charge is 2.23. The average Bonchev–Trinajstić information content (AvgIpc) is 2.33. The zero-order valence-electron chi connectivity index (χ0n) is 10.4. The van der Waals surface area contributed by atoms with Crippen LogP contribution in [-0.4, -0.2) is 42.8 Å². The molecule has 0 rings (SSSR count). The predicted octanol–water partition coefficient (Wildman–Crippen LogP) is 0.268. The van der Waals surface area contributed by atoms with Gasteiger partial charge < -0.3 is 20.5 Å². The van der Waals surface area contributed by atoms with Gasteiger partial charge in [0.05, 0.1) is 13.5 Å². The number of methoxy groups -OCH3 is 1. The summed E-state index contributed by atoms with van der Waals surface area (Å²) >= 11 is 0. The van der Waals surface area contributed by atoms with E-state index in [-0.39, 0.29) is 0 Å². The maximum atomic E-state index is 11.3. The zero-order chi connectivity index (χ0) is 14.0. The van der Waals surface area contributed by atoms with Crippen molar-refractivity contribution in [1.29, 1.82) is 0 Å². The maximum Gasteiger partial charge on any atom is 0.326 e. The van der Waals surface area contributed by atoms with Gasteiger partial charge in [-0.2, -0.15) is 0 Å². The predicted molar refractivity (Wildman–Crippen MR) is 64.0 cm³/mol. The van der Waals surface area contributed by atoms with Crippen LogP contribution in [0, 0.1) is 0 Å². The Morgan fingerprint density at radius 2 is 2.06 bits per heavy atom. The highest BCUT2D eigenvalue weighted by Crippen LogP contribution is 1.95. The van der Waals surface area contributed by atoms with Crippen molar-refractivity contribution in [2.45, 2.75) is 25.8 Å². The summed E-state index contributed by atoms with van der Waals surface area (Å²) < 4.78 is 4.34. The van der Waals surface area contributed by atoms with E-state index in [1.54, 1.807) is 0 Å². The van der Waals surface area contributed by atoms with E-state index in [0.717, 1.165) is 7.11 Å². The molecule has 2 amide bonds. The molecule has 0 unspecified atom stereocenters. The fourth-order valence-electron chi connectivity index (χ4n) is 1.10. The minimum atomic E-state index is -1.29. The summed E-state index contributed by atoms with van der Waals surface area (Å²) in [6.45, 7) is 2.25. The number of rotatable bonds is 7. The largest absolute Gasteiger partial charge is 0.480 e. The third-order valence-electron chi connectivity index (χ3n) is 2.03. The topological polar surface area (TPSA) is 105 Å². The molecule has 18 heavy (non-hydrogen) atoms. The number of urea groups is 1. The minimum Gasteiger partial charge on any atom is -0.480 e. The van der Waals surface area contributed by atoms with Crippen molar-refractivity contribution < 1.29 is 24.2 Å². The van der Waals surface area contributed by atoms with Gasteiger partial charge in [0.2, 0.25) is 0 Å². The summed E-state index contributed by atoms with van der Waals surface area (Å²) in [5.41, 5.74) is 0. The summed E-state index contributed by atoms with van der Waals surface area (Å²) in [5.74, 6) is -1.99. The second-order valence-electron chi connectivity index (χ2n) is 3.43. The normalized spacial score (nSPS) is 11.9. The quantitative estimate of drug-likeness (QED) is 0.345. The Labute approximate surface area is 105 Å². The first-order valence-electron chi connectivity index (χ1n) is 5.46. The molecule has 7 nitrogen and oxygen atoms in total. The smallest absolute Gasteiger partial charge is 0.326 e. The van der Waals surface area contributed by atoms with E-state index in [1.165, 1.54) is 0 Å². The van der Waals surface area contributed by atoms with Crippen LogP contribution in [0.15, 0.2) is 12.2 Å². The monoisotopic (exact) mass is 258 g/mol. The van der Waals surface area contributed by atoms with Crippen molar-refractivity contribution in [1.82, 2.24) is 10.6 Å². The SMILES string of the molecule is C/C=C/CCNC(=O)N[C@@H](CC(=O)OC)C(=O)O. The number of amides is 2. The number of carboxylic acids is 1. The number of carbonyl (C=O) groups excluding carboxylic acids is 2. The number of nitrogens with one attached hydrogen (secondary N) is 2. The Kier molecular flexibility index (Phi) is 8.00. The van der Waals surface area contributed by atoms with Gasteiger partial charge in [-0.1, -0.05) is 12.2 Å². The number of aliphatic carboxylic acids is 1. The van der Waals surface area contributed by atoms with Crippen molar-refractivity contribution in [3.05, 3.63) is 12.2 Å². The number of hydrogen-bond donors (Lipinski definition) is 3. The average molecular weight is 258 g/mol. The van der Waals surface area contributed by atoms with E-state index >= 15 is 0 Å². The molecule has 0 heterocycles. The first-order valence-corrected chi connectivity index (χ1v) is 5.46. The van der Waals surface area contributed by atoms with E-state index in [4.69, 9.17) is 5.11 Å². The third kappa shape index (κ3) is 7.26. The van der Waals surface area contributed by atoms with Gasteiger partial charge in [0.1, 0.15) is 6.04 Å². The van der Waals surface area contributed by atoms with Crippen LogP contribution in [-0.2, 0) is 14.3 Å². The molecule has 0 saturated heterocycles. The molecule has 0 radical (unpaired) electrons. The summed E-state index contributed by atoms with van der Waals surface area (Å²) in [5, 5.41) is 13.5. The molecule has 0 aliphatic rings. The Bertz CT molecular complexity index is 327. The van der Waals surface area contributed by atoms with Gasteiger partial charge in [-0.25, -0.2) is 9.59 Å². The number of hydrogen-bond acceptors (Lipinski definition) is 4. The van der Waals surface area contributed by atoms with Crippen LogP contribution in [0.5, 0.6) is 0 Å². The molecule has 0 aromatic carbocycles. The summed E-state index contributed by atoms with van der Waals surface area (Å²) in [4.78, 5) is 33.1. The lowest BCUT2D eigenvalue weighted by Gasteiger charge is -2.13. The highest BCUT2D eigenvalue weighted by atomic mass is 16.5. The molecule has 0 aliphatic heterocycles. The lowest BCUT2D eigenvalue weighted by Crippen LogP contribution is -2.47. The van der Waals surface area contributed by atoms with Crippen molar-refractivity contribution >= 4 is 18.0 Å². The summed E-state index contributed by atoms with van der Waals surface area (Å²) in [6.07, 6.45) is 3.95. The standard InChI is InChI=1S/C11H18N2O5/c1-3-4-5-6-12-11(17)13-8(10(15)16)7-9(14)18-2/h3-4,8H,5-7H2,1-2H3,(H,15,16)(H2,12,13,17)/b4-3+/t8-/m0/s1. The molecular formula is C11H18N2O5. The number of carbonyl (C=O) groups is 3. The molecule has 7 heteroatoms. The Balaban J connectivity index is 4.12. The second-order valence-corrected chi connectivity index (χ2v) is 3.43. The molecule has 1 atom stereocenters. The molecule has 0 fully saturated rings. The van der Waals surface area contributed by atoms with E-state index in [2.05, 4.69) is 15.4 Å². The molecule has 0 aromatic rings. The fraction of sp³-hybridized carbons (Fsp3) is 0.545. The van der Waals surface area contributed by atoms with Gasteiger partial charge in [0.25, 0.3) is 0 Å². The second kappa shape index (κ2) is 9.03. The number of esters is 1. The van der Waals surface area contributed by atoms with Gasteiger partial charge >= 0.3 is 18.0 Å². The Hall–Kier alpha value is -2.05. The van der Waals surface area contributed by atoms with Crippen LogP contribution in [0.3, 0.4) is 0 Å². The van der Waals surface area contributed by atoms with Gasteiger partial charge in [-0.3, -0.25) is 4.79 Å². The van der Waals surface area contributed by atoms with Gasteiger partial charge in [-0.15, -0.1) is 0 Å². The molecule has 102 valence electrons. The molecule has 0 saturated carbocycles. The maximum absolute atomic E-state index is 11.3. The van der Waals surface area contributed by atoms with Crippen LogP contribution in [0.4, 0.5) is 4.79 Å². The number of carboxylic acid groups (broad SMARTS) is 1. The molecular weight excluding hydrogens is 240 g/mol. The fourth-order valence-corrected chi connectivity index (χ4v) is 1.10. The van der Waals surface area contributed by atoms with Crippen LogP contribution in [0.2, 0.25) is 0 Å². The van der Waals surface area contributed by atoms with Gasteiger partial charge in [-0.05, 0) is 13.3 Å². The van der Waals surface area contributed by atoms with Gasteiger partial charge in [0.15, 0.2) is 0 Å². The van der Waals surface area contributed by atoms with Crippen molar-refractivity contribution in [3.8, 4) is 0 Å². The lowest BCUT2D eigenvalue weighted by molar-refractivity contribution is -0.147. The summed E-state index contributed by atoms with van der Waals surface area (Å²) in [6, 6.07) is -1.92. The highest BCUT2D eigenvalue weighted by molar-refractivity contribution is 5.86. The molecule has 3 N–H and O–H groups in total. The van der Waals surface area contributed by atoms with Crippen LogP contribution in [0.25, 0.3) is 0 Å². The third-order valence-corrected chi connectivity index (χ3v) is 2.03. The van der Waals surface area contributed by atoms with E-state index in [1.807, 2.05) is 19.1 Å². The van der Waals surface area contributed by atoms with Crippen LogP contribution >= 0.6 is 0 Å². The molecule has 0 spiro atoms. The molecule has 0 aromatic heterocycles. The number of ether oxygens (including phenoxy) is 1. The minimum absolute atomic E-state index is 0.390. The zero-order valence-corrected chi connectivity index (χ0v) is 10.4. The molecule has 0 aliphatic carbocycles. The van der Waals surface area contributed by atoms with E-state index in [9.17, 15) is 14.4 Å². The first-order chi connectivity index (χ1) is 8.51. The number of allylic oxidation sites excluding steroid dienone is 1. The van der Waals surface area contributed by atoms with Crippen LogP contribution < -0.4 is 10.6 Å². The van der Waals surface area contributed by atoms with Crippen molar-refractivity contribution in [3.63, 3.8) is 0 Å². The lowest BCUT2D eigenvalue weighted by atomic mass is 10.2. The van der Waals surface area contributed by atoms with E-state index in [0.29, 0.717) is 13.0 Å². The first kappa shape index (κ1) is 16.0. The van der Waals surface area contributed by atoms with E-state index < -0.39 is 30.4 Å². The van der Waals surface area contributed by atoms with Crippen molar-refractivity contribution in [2.75, 3.05) is 13.7 Å². The Morgan fingerprint density at radius 1 is 1.39 bits per heavy atom. The molecule has 0 bridgehead atoms. The van der Waals surface area contributed by atoms with Gasteiger partial charge in [0, 0.05) is 6.54 Å². The van der Waals surface area contributed by atoms with Crippen LogP contribution in [0.1, 0.15) is 19.8 Å².